The predicted octanol–water partition coefficient (Wildman–Crippen LogP) is -0.0751. The molecule has 0 saturated heterocycles. The zero-order valence-electron chi connectivity index (χ0n) is 11.1. The van der Waals surface area contributed by atoms with Gasteiger partial charge in [0, 0.05) is 5.56 Å². The van der Waals surface area contributed by atoms with Gasteiger partial charge in [-0.2, -0.15) is 5.10 Å². The summed E-state index contributed by atoms with van der Waals surface area (Å²) in [6, 6.07) is 9.25. The van der Waals surface area contributed by atoms with Gasteiger partial charge in [-0.05, 0) is 29.5 Å². The van der Waals surface area contributed by atoms with E-state index in [1.54, 1.807) is 6.92 Å². The lowest BCUT2D eigenvalue weighted by atomic mass is 10.3. The molecular weight excluding hydrogens is 272 g/mol. The Labute approximate surface area is 118 Å². The number of nitrogens with one attached hydrogen (secondary N) is 1. The number of tetrazole rings is 1. The van der Waals surface area contributed by atoms with E-state index in [2.05, 4.69) is 25.7 Å². The number of hydrogen-bond donors (Lipinski definition) is 2. The number of para-hydroxylation sites is 1. The third-order valence-corrected chi connectivity index (χ3v) is 2.95. The molecular formula is C12H12N8O. The highest BCUT2D eigenvalue weighted by Gasteiger charge is 2.10. The van der Waals surface area contributed by atoms with Gasteiger partial charge in [-0.15, -0.1) is 0 Å². The first-order valence-electron chi connectivity index (χ1n) is 6.12. The molecule has 2 heterocycles. The zero-order chi connectivity index (χ0) is 14.8. The van der Waals surface area contributed by atoms with Crippen molar-refractivity contribution < 1.29 is 0 Å². The second-order valence-corrected chi connectivity index (χ2v) is 4.30. The molecule has 0 bridgehead atoms. The fourth-order valence-corrected chi connectivity index (χ4v) is 1.81. The smallest absolute Gasteiger partial charge is 0.274 e. The third-order valence-electron chi connectivity index (χ3n) is 2.95. The Hall–Kier alpha value is -3.23. The van der Waals surface area contributed by atoms with Gasteiger partial charge in [-0.1, -0.05) is 28.1 Å². The van der Waals surface area contributed by atoms with Gasteiger partial charge in [0.15, 0.2) is 0 Å². The first-order valence-corrected chi connectivity index (χ1v) is 6.12. The number of benzene rings is 1. The maximum Gasteiger partial charge on any atom is 0.274 e. The van der Waals surface area contributed by atoms with Crippen LogP contribution in [0.2, 0.25) is 0 Å². The quantitative estimate of drug-likeness (QED) is 0.652. The summed E-state index contributed by atoms with van der Waals surface area (Å²) in [6.07, 6.45) is 1.45. The lowest BCUT2D eigenvalue weighted by molar-refractivity contribution is 0.699. The van der Waals surface area contributed by atoms with Crippen LogP contribution in [-0.4, -0.2) is 36.3 Å². The van der Waals surface area contributed by atoms with E-state index >= 15 is 0 Å². The van der Waals surface area contributed by atoms with Crippen molar-refractivity contribution in [3.8, 4) is 5.69 Å². The van der Waals surface area contributed by atoms with Gasteiger partial charge in [0.1, 0.15) is 0 Å². The van der Waals surface area contributed by atoms with Crippen LogP contribution in [-0.2, 0) is 0 Å². The Bertz CT molecular complexity index is 842. The van der Waals surface area contributed by atoms with Crippen molar-refractivity contribution in [2.75, 3.05) is 5.73 Å². The van der Waals surface area contributed by atoms with Crippen LogP contribution in [0.5, 0.6) is 0 Å². The molecule has 0 saturated carbocycles. The van der Waals surface area contributed by atoms with Crippen LogP contribution < -0.4 is 11.3 Å². The topological polar surface area (TPSA) is 120 Å². The highest BCUT2D eigenvalue weighted by atomic mass is 16.1. The number of hydrogen-bond acceptors (Lipinski definition) is 6. The number of aromatic amines is 1. The summed E-state index contributed by atoms with van der Waals surface area (Å²) < 4.78 is 1.44. The standard InChI is InChI=1S/C12H12N8O/c1-8-10(7-14-20-12(13)15-17-18-20)16-19(11(8)21)9-5-3-2-4-6-9/h2-7,16H,1H3,(H2,13,15,18)/b14-7+. The lowest BCUT2D eigenvalue weighted by Gasteiger charge is -1.99. The zero-order valence-corrected chi connectivity index (χ0v) is 11.1. The summed E-state index contributed by atoms with van der Waals surface area (Å²) in [7, 11) is 0. The molecule has 3 N–H and O–H groups in total. The summed E-state index contributed by atoms with van der Waals surface area (Å²) >= 11 is 0. The predicted molar refractivity (Wildman–Crippen MR) is 76.3 cm³/mol. The fourth-order valence-electron chi connectivity index (χ4n) is 1.81. The Morgan fingerprint density at radius 2 is 2.10 bits per heavy atom. The van der Waals surface area contributed by atoms with Crippen LogP contribution >= 0.6 is 0 Å². The van der Waals surface area contributed by atoms with Crippen molar-refractivity contribution in [2.24, 2.45) is 5.10 Å². The van der Waals surface area contributed by atoms with Crippen molar-refractivity contribution in [2.45, 2.75) is 6.92 Å². The molecule has 9 nitrogen and oxygen atoms in total. The Morgan fingerprint density at radius 1 is 1.33 bits per heavy atom. The highest BCUT2D eigenvalue weighted by molar-refractivity contribution is 5.78. The van der Waals surface area contributed by atoms with E-state index in [4.69, 9.17) is 5.73 Å². The van der Waals surface area contributed by atoms with Gasteiger partial charge >= 0.3 is 0 Å². The minimum atomic E-state index is -0.146. The molecule has 3 rings (SSSR count). The largest absolute Gasteiger partial charge is 0.365 e. The van der Waals surface area contributed by atoms with Crippen LogP contribution in [0.3, 0.4) is 0 Å². The maximum absolute atomic E-state index is 12.2. The molecule has 21 heavy (non-hydrogen) atoms. The van der Waals surface area contributed by atoms with Crippen molar-refractivity contribution in [1.82, 2.24) is 30.1 Å². The molecule has 0 aliphatic heterocycles. The average Bonchev–Trinajstić information content (AvgIpc) is 3.03. The molecule has 0 spiro atoms. The van der Waals surface area contributed by atoms with E-state index in [1.807, 2.05) is 30.3 Å². The molecule has 2 aromatic heterocycles. The molecule has 0 fully saturated rings. The van der Waals surface area contributed by atoms with Gasteiger partial charge in [0.2, 0.25) is 0 Å². The lowest BCUT2D eigenvalue weighted by Crippen LogP contribution is -2.15. The molecule has 0 amide bonds. The van der Waals surface area contributed by atoms with Crippen LogP contribution in [0.1, 0.15) is 11.3 Å². The van der Waals surface area contributed by atoms with Gasteiger partial charge in [0.25, 0.3) is 11.5 Å². The number of nitrogen functional groups attached to an aromatic ring is 1. The van der Waals surface area contributed by atoms with E-state index in [0.717, 1.165) is 10.5 Å². The second-order valence-electron chi connectivity index (χ2n) is 4.30. The summed E-state index contributed by atoms with van der Waals surface area (Å²) in [5.41, 5.74) is 7.19. The number of H-pyrrole nitrogens is 1. The van der Waals surface area contributed by atoms with E-state index in [0.29, 0.717) is 11.3 Å². The van der Waals surface area contributed by atoms with Crippen LogP contribution in [0.15, 0.2) is 40.2 Å². The fraction of sp³-hybridized carbons (Fsp3) is 0.0833. The summed E-state index contributed by atoms with van der Waals surface area (Å²) in [5, 5.41) is 17.4. The molecule has 0 unspecified atom stereocenters. The summed E-state index contributed by atoms with van der Waals surface area (Å²) in [5.74, 6) is 0.0637. The molecule has 0 aliphatic rings. The monoisotopic (exact) mass is 284 g/mol. The molecule has 3 aromatic rings. The van der Waals surface area contributed by atoms with E-state index in [9.17, 15) is 4.79 Å². The number of aromatic nitrogens is 6. The number of nitrogens with zero attached hydrogens (tertiary/aromatic N) is 6. The molecule has 0 aliphatic carbocycles. The molecule has 1 aromatic carbocycles. The van der Waals surface area contributed by atoms with Crippen LogP contribution in [0.4, 0.5) is 5.95 Å². The second kappa shape index (κ2) is 5.04. The minimum absolute atomic E-state index is 0.0637. The Kier molecular flexibility index (Phi) is 3.07. The first-order chi connectivity index (χ1) is 10.2. The molecule has 106 valence electrons. The SMILES string of the molecule is Cc1c(/C=N/n2nnnc2N)[nH]n(-c2ccccc2)c1=O. The van der Waals surface area contributed by atoms with Gasteiger partial charge in [0.05, 0.1) is 17.6 Å². The molecule has 9 heteroatoms. The minimum Gasteiger partial charge on any atom is -0.365 e. The molecule has 0 radical (unpaired) electrons. The maximum atomic E-state index is 12.2. The van der Waals surface area contributed by atoms with Gasteiger partial charge < -0.3 is 5.73 Å². The number of anilines is 1. The van der Waals surface area contributed by atoms with Gasteiger partial charge in [-0.25, -0.2) is 4.68 Å². The normalized spacial score (nSPS) is 11.3. The average molecular weight is 284 g/mol. The van der Waals surface area contributed by atoms with E-state index < -0.39 is 0 Å². The van der Waals surface area contributed by atoms with Crippen molar-refractivity contribution in [3.05, 3.63) is 51.9 Å². The van der Waals surface area contributed by atoms with E-state index in [1.165, 1.54) is 10.9 Å². The van der Waals surface area contributed by atoms with E-state index in [-0.39, 0.29) is 11.5 Å². The highest BCUT2D eigenvalue weighted by Crippen LogP contribution is 2.05. The summed E-state index contributed by atoms with van der Waals surface area (Å²) in [6.45, 7) is 1.71. The summed E-state index contributed by atoms with van der Waals surface area (Å²) in [4.78, 5) is 13.3. The number of nitrogens with two attached hydrogens (primary N) is 1. The first kappa shape index (κ1) is 12.8. The van der Waals surface area contributed by atoms with Crippen LogP contribution in [0, 0.1) is 6.92 Å². The third kappa shape index (κ3) is 2.31. The Balaban J connectivity index is 2.00. The van der Waals surface area contributed by atoms with Crippen molar-refractivity contribution in [1.29, 1.82) is 0 Å². The molecule has 0 atom stereocenters. The number of rotatable bonds is 3. The van der Waals surface area contributed by atoms with Gasteiger partial charge in [-0.3, -0.25) is 9.89 Å². The van der Waals surface area contributed by atoms with Crippen molar-refractivity contribution in [3.63, 3.8) is 0 Å². The van der Waals surface area contributed by atoms with Crippen LogP contribution in [0.25, 0.3) is 5.69 Å². The van der Waals surface area contributed by atoms with Crippen molar-refractivity contribution >= 4 is 12.2 Å². The Morgan fingerprint density at radius 3 is 2.76 bits per heavy atom.